The van der Waals surface area contributed by atoms with Crippen molar-refractivity contribution in [2.45, 2.75) is 25.4 Å². The van der Waals surface area contributed by atoms with E-state index in [0.29, 0.717) is 0 Å². The van der Waals surface area contributed by atoms with Crippen molar-refractivity contribution in [1.29, 1.82) is 0 Å². The summed E-state index contributed by atoms with van der Waals surface area (Å²) in [7, 11) is 0.751. The van der Waals surface area contributed by atoms with Crippen LogP contribution in [0.25, 0.3) is 0 Å². The smallest absolute Gasteiger partial charge is 0.463 e. The molecule has 0 unspecified atom stereocenters. The molecule has 9 heteroatoms. The monoisotopic (exact) mass is 277 g/mol. The predicted molar refractivity (Wildman–Crippen MR) is 49.9 cm³/mol. The first-order valence-electron chi connectivity index (χ1n) is 4.89. The van der Waals surface area contributed by atoms with E-state index < -0.39 is 36.9 Å². The van der Waals surface area contributed by atoms with Crippen molar-refractivity contribution >= 4 is 11.9 Å². The minimum atomic E-state index is -5.96. The minimum absolute atomic E-state index is 0.0508. The van der Waals surface area contributed by atoms with Gasteiger partial charge in [-0.15, -0.1) is 0 Å². The van der Waals surface area contributed by atoms with Gasteiger partial charge in [0.2, 0.25) is 0 Å². The number of esters is 1. The second kappa shape index (κ2) is 5.96. The normalized spacial score (nSPS) is 12.2. The Labute approximate surface area is 99.7 Å². The van der Waals surface area contributed by atoms with Crippen LogP contribution in [0, 0.1) is 0 Å². The van der Waals surface area contributed by atoms with Crippen molar-refractivity contribution in [3.05, 3.63) is 0 Å². The third-order valence-corrected chi connectivity index (χ3v) is 1.93. The van der Waals surface area contributed by atoms with E-state index in [1.807, 2.05) is 0 Å². The van der Waals surface area contributed by atoms with Gasteiger partial charge < -0.3 is 9.64 Å². The maximum Gasteiger partial charge on any atom is 0.463 e. The summed E-state index contributed by atoms with van der Waals surface area (Å²) < 4.78 is 65.3. The van der Waals surface area contributed by atoms with Gasteiger partial charge in [-0.1, -0.05) is 0 Å². The number of carbonyl (C=O) groups excluding carboxylic acids is 2. The van der Waals surface area contributed by atoms with Gasteiger partial charge in [0.05, 0.1) is 13.0 Å². The summed E-state index contributed by atoms with van der Waals surface area (Å²) in [5, 5.41) is 0. The first-order valence-corrected chi connectivity index (χ1v) is 4.89. The number of ether oxygens (including phenoxy) is 1. The van der Waals surface area contributed by atoms with Crippen molar-refractivity contribution in [2.24, 2.45) is 0 Å². The molecule has 106 valence electrons. The van der Waals surface area contributed by atoms with Gasteiger partial charge in [-0.05, 0) is 6.92 Å². The van der Waals surface area contributed by atoms with Gasteiger partial charge in [-0.25, -0.2) is 0 Å². The van der Waals surface area contributed by atoms with Crippen LogP contribution in [-0.4, -0.2) is 49.1 Å². The lowest BCUT2D eigenvalue weighted by Gasteiger charge is -2.24. The van der Waals surface area contributed by atoms with Crippen molar-refractivity contribution in [3.8, 4) is 0 Å². The van der Waals surface area contributed by atoms with Gasteiger partial charge in [0, 0.05) is 13.6 Å². The molecule has 0 aromatic heterocycles. The molecular formula is C9H12F5NO3. The van der Waals surface area contributed by atoms with Crippen LogP contribution in [0.4, 0.5) is 22.0 Å². The molecule has 0 N–H and O–H groups in total. The summed E-state index contributed by atoms with van der Waals surface area (Å²) in [6.45, 7) is 0.975. The molecule has 0 aliphatic carbocycles. The Morgan fingerprint density at radius 2 is 1.67 bits per heavy atom. The summed E-state index contributed by atoms with van der Waals surface area (Å²) >= 11 is 0. The topological polar surface area (TPSA) is 46.6 Å². The van der Waals surface area contributed by atoms with E-state index in [0.717, 1.165) is 7.05 Å². The highest BCUT2D eigenvalue weighted by atomic mass is 19.4. The molecule has 0 bridgehead atoms. The van der Waals surface area contributed by atoms with Gasteiger partial charge in [0.1, 0.15) is 0 Å². The number of nitrogens with zero attached hydrogens (tertiary/aromatic N) is 1. The molecule has 0 spiro atoms. The molecule has 0 aliphatic rings. The number of rotatable bonds is 5. The number of hydrogen-bond donors (Lipinski definition) is 0. The van der Waals surface area contributed by atoms with Gasteiger partial charge >= 0.3 is 24.0 Å². The predicted octanol–water partition coefficient (Wildman–Crippen LogP) is 1.60. The molecule has 0 heterocycles. The molecule has 18 heavy (non-hydrogen) atoms. The van der Waals surface area contributed by atoms with Crippen LogP contribution >= 0.6 is 0 Å². The molecular weight excluding hydrogens is 265 g/mol. The van der Waals surface area contributed by atoms with Crippen molar-refractivity contribution in [2.75, 3.05) is 20.2 Å². The lowest BCUT2D eigenvalue weighted by atomic mass is 10.2. The zero-order valence-electron chi connectivity index (χ0n) is 9.68. The van der Waals surface area contributed by atoms with Crippen molar-refractivity contribution in [1.82, 2.24) is 4.90 Å². The van der Waals surface area contributed by atoms with Crippen LogP contribution in [0.2, 0.25) is 0 Å². The molecule has 4 nitrogen and oxygen atoms in total. The van der Waals surface area contributed by atoms with Gasteiger partial charge in [-0.2, -0.15) is 22.0 Å². The molecule has 0 aromatic rings. The maximum absolute atomic E-state index is 12.6. The Balaban J connectivity index is 4.48. The van der Waals surface area contributed by atoms with Crippen LogP contribution in [0.1, 0.15) is 13.3 Å². The average Bonchev–Trinajstić information content (AvgIpc) is 2.23. The molecule has 0 saturated heterocycles. The van der Waals surface area contributed by atoms with Crippen molar-refractivity contribution in [3.63, 3.8) is 0 Å². The van der Waals surface area contributed by atoms with E-state index in [1.165, 1.54) is 6.92 Å². The molecule has 0 aliphatic heterocycles. The van der Waals surface area contributed by atoms with Crippen LogP contribution in [-0.2, 0) is 14.3 Å². The van der Waals surface area contributed by atoms with Gasteiger partial charge in [-0.3, -0.25) is 9.59 Å². The second-order valence-corrected chi connectivity index (χ2v) is 3.35. The quantitative estimate of drug-likeness (QED) is 0.566. The summed E-state index contributed by atoms with van der Waals surface area (Å²) in [4.78, 5) is 21.9. The van der Waals surface area contributed by atoms with E-state index >= 15 is 0 Å². The molecule has 0 radical (unpaired) electrons. The number of amides is 1. The largest absolute Gasteiger partial charge is 0.466 e. The standard InChI is InChI=1S/C9H12F5NO3/c1-3-18-6(16)4-5-15(2)7(17)8(10,11)9(12,13)14/h3-5H2,1-2H3. The molecule has 0 atom stereocenters. The summed E-state index contributed by atoms with van der Waals surface area (Å²) in [5.74, 6) is -8.65. The van der Waals surface area contributed by atoms with Gasteiger partial charge in [0.25, 0.3) is 0 Å². The van der Waals surface area contributed by atoms with E-state index in [-0.39, 0.29) is 11.5 Å². The number of carbonyl (C=O) groups is 2. The fourth-order valence-corrected chi connectivity index (χ4v) is 0.955. The zero-order valence-corrected chi connectivity index (χ0v) is 9.68. The summed E-state index contributed by atoms with van der Waals surface area (Å²) in [6.07, 6.45) is -6.41. The molecule has 0 rings (SSSR count). The lowest BCUT2D eigenvalue weighted by molar-refractivity contribution is -0.273. The highest BCUT2D eigenvalue weighted by molar-refractivity contribution is 5.84. The molecule has 0 saturated carbocycles. The number of halogens is 5. The molecule has 0 aromatic carbocycles. The third-order valence-electron chi connectivity index (χ3n) is 1.93. The summed E-state index contributed by atoms with van der Waals surface area (Å²) in [5.41, 5.74) is 0. The molecule has 1 amide bonds. The lowest BCUT2D eigenvalue weighted by Crippen LogP contribution is -2.51. The Morgan fingerprint density at radius 3 is 2.06 bits per heavy atom. The highest BCUT2D eigenvalue weighted by Crippen LogP contribution is 2.36. The maximum atomic E-state index is 12.6. The fraction of sp³-hybridized carbons (Fsp3) is 0.778. The fourth-order valence-electron chi connectivity index (χ4n) is 0.955. The highest BCUT2D eigenvalue weighted by Gasteiger charge is 2.64. The minimum Gasteiger partial charge on any atom is -0.466 e. The number of hydrogen-bond acceptors (Lipinski definition) is 3. The Bertz CT molecular complexity index is 316. The zero-order chi connectivity index (χ0) is 14.6. The van der Waals surface area contributed by atoms with Crippen LogP contribution in [0.3, 0.4) is 0 Å². The Morgan fingerprint density at radius 1 is 1.17 bits per heavy atom. The first-order chi connectivity index (χ1) is 8.04. The van der Waals surface area contributed by atoms with Gasteiger partial charge in [0.15, 0.2) is 0 Å². The van der Waals surface area contributed by atoms with Crippen LogP contribution < -0.4 is 0 Å². The van der Waals surface area contributed by atoms with E-state index in [4.69, 9.17) is 0 Å². The van der Waals surface area contributed by atoms with E-state index in [9.17, 15) is 31.5 Å². The Kier molecular flexibility index (Phi) is 5.50. The Hall–Kier alpha value is -1.41. The van der Waals surface area contributed by atoms with Crippen LogP contribution in [0.15, 0.2) is 0 Å². The molecule has 0 fully saturated rings. The van der Waals surface area contributed by atoms with Crippen molar-refractivity contribution < 1.29 is 36.3 Å². The first kappa shape index (κ1) is 16.6. The van der Waals surface area contributed by atoms with E-state index in [1.54, 1.807) is 0 Å². The summed E-state index contributed by atoms with van der Waals surface area (Å²) in [6, 6.07) is 0. The third kappa shape index (κ3) is 4.11. The number of alkyl halides is 5. The SMILES string of the molecule is CCOC(=O)CCN(C)C(=O)C(F)(F)C(F)(F)F. The van der Waals surface area contributed by atoms with Crippen LogP contribution in [0.5, 0.6) is 0 Å². The van der Waals surface area contributed by atoms with E-state index in [2.05, 4.69) is 4.74 Å². The average molecular weight is 277 g/mol. The second-order valence-electron chi connectivity index (χ2n) is 3.35.